The van der Waals surface area contributed by atoms with E-state index in [1.165, 1.54) is 40.3 Å². The summed E-state index contributed by atoms with van der Waals surface area (Å²) in [6.45, 7) is 17.6. The molecule has 2 aliphatic rings. The summed E-state index contributed by atoms with van der Waals surface area (Å²) >= 11 is 0. The second-order valence-corrected chi connectivity index (χ2v) is 18.8. The van der Waals surface area contributed by atoms with Crippen LogP contribution in [-0.4, -0.2) is 13.7 Å². The second-order valence-electron chi connectivity index (χ2n) is 13.7. The Morgan fingerprint density at radius 1 is 0.789 bits per heavy atom. The van der Waals surface area contributed by atoms with Gasteiger partial charge in [0.25, 0.3) is 0 Å². The minimum atomic E-state index is -2.17. The zero-order valence-corrected chi connectivity index (χ0v) is 25.6. The zero-order chi connectivity index (χ0) is 27.5. The number of hydrogen-bond donors (Lipinski definition) is 0. The summed E-state index contributed by atoms with van der Waals surface area (Å²) in [5, 5.41) is 1.22. The van der Waals surface area contributed by atoms with Crippen molar-refractivity contribution in [2.45, 2.75) is 109 Å². The van der Waals surface area contributed by atoms with Crippen LogP contribution in [0.1, 0.15) is 96.8 Å². The Morgan fingerprint density at radius 3 is 1.74 bits per heavy atom. The quantitative estimate of drug-likeness (QED) is 0.299. The van der Waals surface area contributed by atoms with Gasteiger partial charge in [0.2, 0.25) is 0 Å². The fraction of sp³-hybridized carbons (Fsp3) is 0.486. The molecule has 3 aromatic rings. The average Bonchev–Trinajstić information content (AvgIpc) is 3.31. The monoisotopic (exact) mass is 528 g/mol. The Balaban J connectivity index is 1.68. The van der Waals surface area contributed by atoms with Crippen molar-refractivity contribution in [2.75, 3.05) is 0 Å². The lowest BCUT2D eigenvalue weighted by Gasteiger charge is -2.40. The van der Waals surface area contributed by atoms with Crippen LogP contribution in [0, 0.1) is 5.82 Å². The van der Waals surface area contributed by atoms with E-state index in [1.807, 2.05) is 6.07 Å². The topological polar surface area (TPSA) is 9.23 Å². The molecule has 0 saturated heterocycles. The van der Waals surface area contributed by atoms with Crippen LogP contribution in [-0.2, 0) is 5.41 Å². The highest BCUT2D eigenvalue weighted by Crippen LogP contribution is 2.61. The summed E-state index contributed by atoms with van der Waals surface area (Å²) < 4.78 is 22.3. The van der Waals surface area contributed by atoms with Gasteiger partial charge in [0.15, 0.2) is 0 Å². The van der Waals surface area contributed by atoms with Crippen molar-refractivity contribution in [1.29, 1.82) is 0 Å². The van der Waals surface area contributed by atoms with Crippen molar-refractivity contribution < 1.29 is 9.13 Å². The van der Waals surface area contributed by atoms with E-state index in [1.54, 1.807) is 6.07 Å². The van der Waals surface area contributed by atoms with E-state index in [2.05, 4.69) is 104 Å². The lowest BCUT2D eigenvalue weighted by molar-refractivity contribution is 0.129. The van der Waals surface area contributed by atoms with Crippen LogP contribution in [0.5, 0.6) is 5.75 Å². The molecule has 1 nitrogen and oxygen atoms in total. The lowest BCUT2D eigenvalue weighted by Crippen LogP contribution is -2.52. The molecular formula is C35H45FOSi. The van der Waals surface area contributed by atoms with Crippen LogP contribution in [0.15, 0.2) is 60.7 Å². The van der Waals surface area contributed by atoms with Crippen LogP contribution in [0.3, 0.4) is 0 Å². The van der Waals surface area contributed by atoms with E-state index < -0.39 is 8.07 Å². The van der Waals surface area contributed by atoms with Crippen LogP contribution in [0.2, 0.25) is 17.6 Å². The molecule has 5 rings (SSSR count). The third kappa shape index (κ3) is 4.55. The summed E-state index contributed by atoms with van der Waals surface area (Å²) in [6, 6.07) is 23.9. The van der Waals surface area contributed by atoms with E-state index in [-0.39, 0.29) is 16.8 Å². The third-order valence-electron chi connectivity index (χ3n) is 9.42. The highest BCUT2D eigenvalue weighted by atomic mass is 28.3. The number of halogens is 1. The van der Waals surface area contributed by atoms with Gasteiger partial charge < -0.3 is 4.74 Å². The maximum Gasteiger partial charge on any atom is 0.123 e. The molecule has 0 N–H and O–H groups in total. The van der Waals surface area contributed by atoms with Crippen LogP contribution in [0.25, 0.3) is 11.1 Å². The molecule has 3 heteroatoms. The smallest absolute Gasteiger partial charge is 0.123 e. The number of ether oxygens (including phenoxy) is 1. The molecule has 1 fully saturated rings. The molecule has 0 bridgehead atoms. The van der Waals surface area contributed by atoms with Crippen molar-refractivity contribution in [3.63, 3.8) is 0 Å². The van der Waals surface area contributed by atoms with Gasteiger partial charge in [-0.15, -0.1) is 0 Å². The number of benzene rings is 3. The standard InChI is InChI=1S/C35H45FOSi/c1-9-38(10-2,32-20-23(36)19-31(34(3,4)5)33(32)37-35(6,7)8)24-21-29-27-17-13-11-15-25(27)26-16-12-14-18-28(26)30(29)22-24/h11-20,24,29-30H,9-10,21-22H2,1-8H3. The van der Waals surface area contributed by atoms with Gasteiger partial charge in [-0.2, -0.15) is 0 Å². The Hall–Kier alpha value is -2.39. The molecule has 2 aliphatic carbocycles. The van der Waals surface area contributed by atoms with Crippen molar-refractivity contribution in [3.8, 4) is 16.9 Å². The summed E-state index contributed by atoms with van der Waals surface area (Å²) in [5.41, 5.74) is 6.85. The Kier molecular flexibility index (Phi) is 6.91. The SMILES string of the molecule is CC[Si](CC)(c1cc(F)cc(C(C)(C)C)c1OC(C)(C)C)C1CC2c3ccccc3-c3ccccc3C2C1. The van der Waals surface area contributed by atoms with E-state index in [9.17, 15) is 0 Å². The first kappa shape index (κ1) is 27.2. The van der Waals surface area contributed by atoms with Gasteiger partial charge in [0.1, 0.15) is 17.2 Å². The average molecular weight is 529 g/mol. The van der Waals surface area contributed by atoms with Crippen LogP contribution in [0.4, 0.5) is 4.39 Å². The van der Waals surface area contributed by atoms with E-state index >= 15 is 4.39 Å². The Morgan fingerprint density at radius 2 is 1.29 bits per heavy atom. The first-order valence-electron chi connectivity index (χ1n) is 14.6. The highest BCUT2D eigenvalue weighted by Gasteiger charge is 2.51. The minimum Gasteiger partial charge on any atom is -0.488 e. The molecule has 202 valence electrons. The molecular weight excluding hydrogens is 483 g/mol. The van der Waals surface area contributed by atoms with Crippen LogP contribution < -0.4 is 9.92 Å². The van der Waals surface area contributed by atoms with Gasteiger partial charge in [0, 0.05) is 5.56 Å². The van der Waals surface area contributed by atoms with Gasteiger partial charge in [-0.05, 0) is 96.0 Å². The largest absolute Gasteiger partial charge is 0.488 e. The van der Waals surface area contributed by atoms with Gasteiger partial charge in [-0.1, -0.05) is 95.2 Å². The van der Waals surface area contributed by atoms with Gasteiger partial charge in [-0.25, -0.2) is 4.39 Å². The number of hydrogen-bond acceptors (Lipinski definition) is 1. The third-order valence-corrected chi connectivity index (χ3v) is 15.4. The fourth-order valence-corrected chi connectivity index (χ4v) is 13.0. The second kappa shape index (κ2) is 9.66. The minimum absolute atomic E-state index is 0.115. The molecule has 0 aliphatic heterocycles. The molecule has 2 atom stereocenters. The van der Waals surface area contributed by atoms with Gasteiger partial charge >= 0.3 is 0 Å². The lowest BCUT2D eigenvalue weighted by atomic mass is 9.73. The van der Waals surface area contributed by atoms with Gasteiger partial charge in [0.05, 0.1) is 8.07 Å². The van der Waals surface area contributed by atoms with Crippen molar-refractivity contribution >= 4 is 13.3 Å². The van der Waals surface area contributed by atoms with Crippen molar-refractivity contribution in [1.82, 2.24) is 0 Å². The molecule has 1 saturated carbocycles. The van der Waals surface area contributed by atoms with E-state index in [0.717, 1.165) is 23.4 Å². The van der Waals surface area contributed by atoms with Crippen molar-refractivity contribution in [2.24, 2.45) is 0 Å². The maximum absolute atomic E-state index is 15.5. The fourth-order valence-electron chi connectivity index (χ4n) is 7.67. The normalized spacial score (nSPS) is 21.0. The predicted molar refractivity (Wildman–Crippen MR) is 162 cm³/mol. The summed E-state index contributed by atoms with van der Waals surface area (Å²) in [4.78, 5) is 0. The number of rotatable bonds is 5. The first-order chi connectivity index (χ1) is 17.9. The molecule has 38 heavy (non-hydrogen) atoms. The molecule has 0 amide bonds. The maximum atomic E-state index is 15.5. The molecule has 0 spiro atoms. The zero-order valence-electron chi connectivity index (χ0n) is 24.6. The number of fused-ring (bicyclic) bond motifs is 6. The molecule has 0 heterocycles. The van der Waals surface area contributed by atoms with E-state index in [0.29, 0.717) is 17.4 Å². The molecule has 2 unspecified atom stereocenters. The first-order valence-corrected chi connectivity index (χ1v) is 17.1. The summed E-state index contributed by atoms with van der Waals surface area (Å²) in [7, 11) is -2.17. The Labute approximate surface area is 230 Å². The molecule has 0 aromatic heterocycles. The summed E-state index contributed by atoms with van der Waals surface area (Å²) in [5.74, 6) is 1.91. The molecule has 0 radical (unpaired) electrons. The van der Waals surface area contributed by atoms with Gasteiger partial charge in [-0.3, -0.25) is 0 Å². The van der Waals surface area contributed by atoms with E-state index in [4.69, 9.17) is 4.74 Å². The van der Waals surface area contributed by atoms with Crippen molar-refractivity contribution in [3.05, 3.63) is 83.2 Å². The van der Waals surface area contributed by atoms with Crippen LogP contribution >= 0.6 is 0 Å². The molecule has 3 aromatic carbocycles. The Bertz CT molecular complexity index is 1270. The highest BCUT2D eigenvalue weighted by molar-refractivity contribution is 6.93. The predicted octanol–water partition coefficient (Wildman–Crippen LogP) is 9.71. The summed E-state index contributed by atoms with van der Waals surface area (Å²) in [6.07, 6.45) is 2.36.